The number of ether oxygens (including phenoxy) is 1. The van der Waals surface area contributed by atoms with E-state index in [-0.39, 0.29) is 0 Å². The summed E-state index contributed by atoms with van der Waals surface area (Å²) in [6, 6.07) is 5.39. The molecule has 2 rings (SSSR count). The normalized spacial score (nSPS) is 16.9. The van der Waals surface area contributed by atoms with Gasteiger partial charge in [0.2, 0.25) is 0 Å². The van der Waals surface area contributed by atoms with Crippen LogP contribution in [0.5, 0.6) is 11.5 Å². The number of rotatable bonds is 3. The molecule has 15 heavy (non-hydrogen) atoms. The second-order valence-electron chi connectivity index (χ2n) is 3.98. The summed E-state index contributed by atoms with van der Waals surface area (Å²) in [5, 5.41) is 9.71. The van der Waals surface area contributed by atoms with Gasteiger partial charge in [0, 0.05) is 12.1 Å². The number of nitrogens with zero attached hydrogens (tertiary/aromatic N) is 1. The van der Waals surface area contributed by atoms with Crippen molar-refractivity contribution in [2.75, 3.05) is 20.2 Å². The molecule has 0 aliphatic carbocycles. The number of aromatic hydroxyl groups is 1. The van der Waals surface area contributed by atoms with Gasteiger partial charge in [-0.3, -0.25) is 4.90 Å². The molecule has 0 atom stereocenters. The molecule has 1 N–H and O–H groups in total. The first kappa shape index (κ1) is 10.3. The molecule has 82 valence electrons. The molecular formula is C12H17NO2. The molecule has 3 heteroatoms. The van der Waals surface area contributed by atoms with Crippen LogP contribution >= 0.6 is 0 Å². The standard InChI is InChI=1S/C12H17NO2/c1-15-11-4-5-12(14)10(8-11)9-13-6-2-3-7-13/h4-5,8,14H,2-3,6-7,9H2,1H3. The maximum absolute atomic E-state index is 9.71. The highest BCUT2D eigenvalue weighted by Crippen LogP contribution is 2.25. The molecule has 1 fully saturated rings. The third-order valence-electron chi connectivity index (χ3n) is 2.88. The summed E-state index contributed by atoms with van der Waals surface area (Å²) in [6.07, 6.45) is 2.54. The van der Waals surface area contributed by atoms with E-state index in [2.05, 4.69) is 4.90 Å². The van der Waals surface area contributed by atoms with Crippen molar-refractivity contribution in [3.05, 3.63) is 23.8 Å². The van der Waals surface area contributed by atoms with E-state index in [1.807, 2.05) is 6.07 Å². The van der Waals surface area contributed by atoms with Crippen molar-refractivity contribution < 1.29 is 9.84 Å². The molecule has 1 aliphatic heterocycles. The Bertz CT molecular complexity index is 332. The Morgan fingerprint density at radius 3 is 2.73 bits per heavy atom. The molecule has 1 aliphatic rings. The van der Waals surface area contributed by atoms with Gasteiger partial charge in [0.25, 0.3) is 0 Å². The van der Waals surface area contributed by atoms with E-state index < -0.39 is 0 Å². The minimum absolute atomic E-state index is 0.364. The van der Waals surface area contributed by atoms with Crippen LogP contribution in [-0.4, -0.2) is 30.2 Å². The predicted molar refractivity (Wildman–Crippen MR) is 59.2 cm³/mol. The second-order valence-corrected chi connectivity index (χ2v) is 3.98. The number of benzene rings is 1. The van der Waals surface area contributed by atoms with Crippen molar-refractivity contribution in [2.45, 2.75) is 19.4 Å². The smallest absolute Gasteiger partial charge is 0.120 e. The Labute approximate surface area is 90.3 Å². The number of hydrogen-bond donors (Lipinski definition) is 1. The summed E-state index contributed by atoms with van der Waals surface area (Å²) in [4.78, 5) is 2.36. The van der Waals surface area contributed by atoms with Crippen LogP contribution in [0.2, 0.25) is 0 Å². The molecule has 0 unspecified atom stereocenters. The van der Waals surface area contributed by atoms with Crippen LogP contribution < -0.4 is 4.74 Å². The molecule has 0 amide bonds. The predicted octanol–water partition coefficient (Wildman–Crippen LogP) is 2.00. The minimum atomic E-state index is 0.364. The van der Waals surface area contributed by atoms with Crippen LogP contribution in [0.3, 0.4) is 0 Å². The number of likely N-dealkylation sites (tertiary alicyclic amines) is 1. The van der Waals surface area contributed by atoms with Gasteiger partial charge in [-0.05, 0) is 44.1 Å². The molecule has 0 aromatic heterocycles. The molecule has 3 nitrogen and oxygen atoms in total. The third-order valence-corrected chi connectivity index (χ3v) is 2.88. The summed E-state index contributed by atoms with van der Waals surface area (Å²) < 4.78 is 5.14. The Kier molecular flexibility index (Phi) is 3.11. The highest BCUT2D eigenvalue weighted by Gasteiger charge is 2.13. The largest absolute Gasteiger partial charge is 0.508 e. The van der Waals surface area contributed by atoms with Crippen molar-refractivity contribution >= 4 is 0 Å². The third kappa shape index (κ3) is 2.42. The van der Waals surface area contributed by atoms with E-state index in [4.69, 9.17) is 4.74 Å². The zero-order chi connectivity index (χ0) is 10.7. The van der Waals surface area contributed by atoms with Crippen LogP contribution in [0.1, 0.15) is 18.4 Å². The summed E-state index contributed by atoms with van der Waals surface area (Å²) >= 11 is 0. The fourth-order valence-corrected chi connectivity index (χ4v) is 2.00. The lowest BCUT2D eigenvalue weighted by molar-refractivity contribution is 0.322. The lowest BCUT2D eigenvalue weighted by Gasteiger charge is -2.16. The van der Waals surface area contributed by atoms with Crippen molar-refractivity contribution in [1.82, 2.24) is 4.90 Å². The molecule has 1 saturated heterocycles. The zero-order valence-electron chi connectivity index (χ0n) is 9.07. The van der Waals surface area contributed by atoms with Crippen LogP contribution in [0.4, 0.5) is 0 Å². The van der Waals surface area contributed by atoms with Gasteiger partial charge in [-0.2, -0.15) is 0 Å². The Morgan fingerprint density at radius 2 is 2.07 bits per heavy atom. The monoisotopic (exact) mass is 207 g/mol. The van der Waals surface area contributed by atoms with Gasteiger partial charge in [0.05, 0.1) is 7.11 Å². The minimum Gasteiger partial charge on any atom is -0.508 e. The van der Waals surface area contributed by atoms with Crippen LogP contribution in [-0.2, 0) is 6.54 Å². The average molecular weight is 207 g/mol. The Hall–Kier alpha value is -1.22. The highest BCUT2D eigenvalue weighted by atomic mass is 16.5. The number of hydrogen-bond acceptors (Lipinski definition) is 3. The van der Waals surface area contributed by atoms with E-state index in [1.54, 1.807) is 19.2 Å². The maximum atomic E-state index is 9.71. The molecule has 0 radical (unpaired) electrons. The summed E-state index contributed by atoms with van der Waals surface area (Å²) in [6.45, 7) is 3.09. The van der Waals surface area contributed by atoms with Gasteiger partial charge < -0.3 is 9.84 Å². The van der Waals surface area contributed by atoms with Gasteiger partial charge in [0.15, 0.2) is 0 Å². The average Bonchev–Trinajstić information content (AvgIpc) is 2.74. The van der Waals surface area contributed by atoms with Gasteiger partial charge in [-0.15, -0.1) is 0 Å². The van der Waals surface area contributed by atoms with E-state index >= 15 is 0 Å². The molecule has 0 bridgehead atoms. The van der Waals surface area contributed by atoms with Crippen LogP contribution in [0.25, 0.3) is 0 Å². The first-order valence-corrected chi connectivity index (χ1v) is 5.38. The molecule has 1 aromatic rings. The topological polar surface area (TPSA) is 32.7 Å². The van der Waals surface area contributed by atoms with E-state index in [0.717, 1.165) is 30.9 Å². The summed E-state index contributed by atoms with van der Waals surface area (Å²) in [5.74, 6) is 1.17. The van der Waals surface area contributed by atoms with Gasteiger partial charge in [0.1, 0.15) is 11.5 Å². The number of phenols is 1. The van der Waals surface area contributed by atoms with E-state index in [9.17, 15) is 5.11 Å². The molecule has 1 heterocycles. The summed E-state index contributed by atoms with van der Waals surface area (Å²) in [7, 11) is 1.64. The highest BCUT2D eigenvalue weighted by molar-refractivity contribution is 5.39. The Morgan fingerprint density at radius 1 is 1.33 bits per heavy atom. The first-order chi connectivity index (χ1) is 7.29. The molecular weight excluding hydrogens is 190 g/mol. The van der Waals surface area contributed by atoms with Crippen LogP contribution in [0, 0.1) is 0 Å². The van der Waals surface area contributed by atoms with Crippen molar-refractivity contribution in [3.63, 3.8) is 0 Å². The van der Waals surface area contributed by atoms with E-state index in [1.165, 1.54) is 12.8 Å². The Balaban J connectivity index is 2.11. The van der Waals surface area contributed by atoms with Crippen LogP contribution in [0.15, 0.2) is 18.2 Å². The first-order valence-electron chi connectivity index (χ1n) is 5.38. The van der Waals surface area contributed by atoms with Gasteiger partial charge >= 0.3 is 0 Å². The van der Waals surface area contributed by atoms with E-state index in [0.29, 0.717) is 5.75 Å². The lowest BCUT2D eigenvalue weighted by Crippen LogP contribution is -2.18. The summed E-state index contributed by atoms with van der Waals surface area (Å²) in [5.41, 5.74) is 0.955. The second kappa shape index (κ2) is 4.53. The fraction of sp³-hybridized carbons (Fsp3) is 0.500. The molecule has 1 aromatic carbocycles. The molecule has 0 spiro atoms. The van der Waals surface area contributed by atoms with Gasteiger partial charge in [-0.25, -0.2) is 0 Å². The molecule has 0 saturated carbocycles. The van der Waals surface area contributed by atoms with Crippen molar-refractivity contribution in [3.8, 4) is 11.5 Å². The zero-order valence-corrected chi connectivity index (χ0v) is 9.07. The quantitative estimate of drug-likeness (QED) is 0.822. The number of methoxy groups -OCH3 is 1. The SMILES string of the molecule is COc1ccc(O)c(CN2CCCC2)c1. The lowest BCUT2D eigenvalue weighted by atomic mass is 10.2. The van der Waals surface area contributed by atoms with Gasteiger partial charge in [-0.1, -0.05) is 0 Å². The fourth-order valence-electron chi connectivity index (χ4n) is 2.00. The maximum Gasteiger partial charge on any atom is 0.120 e. The van der Waals surface area contributed by atoms with Crippen molar-refractivity contribution in [1.29, 1.82) is 0 Å². The van der Waals surface area contributed by atoms with Crippen molar-refractivity contribution in [2.24, 2.45) is 0 Å². The number of phenolic OH excluding ortho intramolecular Hbond substituents is 1.